The molecule has 94 valence electrons. The van der Waals surface area contributed by atoms with E-state index in [1.807, 2.05) is 20.8 Å². The van der Waals surface area contributed by atoms with Gasteiger partial charge in [-0.1, -0.05) is 6.08 Å². The second kappa shape index (κ2) is 4.17. The molecule has 17 heavy (non-hydrogen) atoms. The van der Waals surface area contributed by atoms with E-state index < -0.39 is 11.7 Å². The summed E-state index contributed by atoms with van der Waals surface area (Å²) in [4.78, 5) is 24.7. The van der Waals surface area contributed by atoms with Crippen LogP contribution in [0.25, 0.3) is 0 Å². The van der Waals surface area contributed by atoms with Gasteiger partial charge >= 0.3 is 6.09 Å². The highest BCUT2D eigenvalue weighted by Crippen LogP contribution is 2.40. The molecule has 0 N–H and O–H groups in total. The predicted octanol–water partition coefficient (Wildman–Crippen LogP) is 2.49. The van der Waals surface area contributed by atoms with Crippen LogP contribution in [0, 0.1) is 5.92 Å². The van der Waals surface area contributed by atoms with Crippen molar-refractivity contribution < 1.29 is 14.3 Å². The lowest BCUT2D eigenvalue weighted by atomic mass is 10.0. The number of carbonyl (C=O) groups is 2. The molecule has 1 saturated heterocycles. The lowest BCUT2D eigenvalue weighted by molar-refractivity contribution is -0.111. The molecule has 1 unspecified atom stereocenters. The van der Waals surface area contributed by atoms with Crippen LogP contribution in [0.15, 0.2) is 11.8 Å². The predicted molar refractivity (Wildman–Crippen MR) is 63.3 cm³/mol. The van der Waals surface area contributed by atoms with E-state index in [2.05, 4.69) is 6.08 Å². The molecular weight excluding hydrogens is 218 g/mol. The van der Waals surface area contributed by atoms with Gasteiger partial charge in [-0.15, -0.1) is 0 Å². The summed E-state index contributed by atoms with van der Waals surface area (Å²) in [6.45, 7) is 5.49. The van der Waals surface area contributed by atoms with Gasteiger partial charge in [0.05, 0.1) is 6.04 Å². The van der Waals surface area contributed by atoms with Crippen molar-refractivity contribution in [2.24, 2.45) is 5.92 Å². The number of amides is 1. The highest BCUT2D eigenvalue weighted by atomic mass is 16.6. The maximum atomic E-state index is 12.1. The van der Waals surface area contributed by atoms with Gasteiger partial charge in [0, 0.05) is 11.6 Å². The maximum absolute atomic E-state index is 12.1. The third-order valence-electron chi connectivity index (χ3n) is 3.17. The number of ether oxygens (including phenoxy) is 1. The first kappa shape index (κ1) is 12.1. The van der Waals surface area contributed by atoms with Crippen LogP contribution < -0.4 is 0 Å². The van der Waals surface area contributed by atoms with Crippen LogP contribution in [-0.2, 0) is 9.53 Å². The van der Waals surface area contributed by atoms with Gasteiger partial charge in [-0.25, -0.2) is 4.79 Å². The van der Waals surface area contributed by atoms with Crippen LogP contribution in [0.2, 0.25) is 0 Å². The Balaban J connectivity index is 2.17. The van der Waals surface area contributed by atoms with Crippen molar-refractivity contribution in [3.63, 3.8) is 0 Å². The Morgan fingerprint density at radius 2 is 2.24 bits per heavy atom. The van der Waals surface area contributed by atoms with E-state index in [1.54, 1.807) is 0 Å². The van der Waals surface area contributed by atoms with Crippen molar-refractivity contribution in [2.45, 2.75) is 51.7 Å². The largest absolute Gasteiger partial charge is 0.443 e. The van der Waals surface area contributed by atoms with Gasteiger partial charge in [-0.3, -0.25) is 4.90 Å². The lowest BCUT2D eigenvalue weighted by Crippen LogP contribution is -2.39. The van der Waals surface area contributed by atoms with Crippen LogP contribution in [0.4, 0.5) is 4.79 Å². The summed E-state index contributed by atoms with van der Waals surface area (Å²) in [7, 11) is 0. The Hall–Kier alpha value is -1.32. The first-order chi connectivity index (χ1) is 7.92. The van der Waals surface area contributed by atoms with Crippen LogP contribution in [0.3, 0.4) is 0 Å². The summed E-state index contributed by atoms with van der Waals surface area (Å²) in [5.74, 6) is 0.359. The summed E-state index contributed by atoms with van der Waals surface area (Å²) in [6.07, 6.45) is 5.28. The SMILES string of the molecule is CC(C)(C)OC(=O)N1C2=CCCC2C[C@H]1C=O. The molecule has 1 aliphatic carbocycles. The second-order valence-electron chi connectivity index (χ2n) is 5.69. The van der Waals surface area contributed by atoms with E-state index in [4.69, 9.17) is 4.74 Å². The van der Waals surface area contributed by atoms with Crippen molar-refractivity contribution in [1.29, 1.82) is 0 Å². The fraction of sp³-hybridized carbons (Fsp3) is 0.692. The summed E-state index contributed by atoms with van der Waals surface area (Å²) >= 11 is 0. The number of nitrogens with zero attached hydrogens (tertiary/aromatic N) is 1. The molecule has 1 fully saturated rings. The molecule has 0 aromatic heterocycles. The zero-order chi connectivity index (χ0) is 12.6. The van der Waals surface area contributed by atoms with Gasteiger partial charge in [0.2, 0.25) is 0 Å². The molecule has 0 bridgehead atoms. The van der Waals surface area contributed by atoms with E-state index >= 15 is 0 Å². The average molecular weight is 237 g/mol. The molecule has 0 radical (unpaired) electrons. The number of hydrogen-bond acceptors (Lipinski definition) is 3. The van der Waals surface area contributed by atoms with Crippen molar-refractivity contribution in [1.82, 2.24) is 4.90 Å². The van der Waals surface area contributed by atoms with Crippen molar-refractivity contribution in [3.8, 4) is 0 Å². The molecule has 2 aliphatic rings. The number of rotatable bonds is 1. The van der Waals surface area contributed by atoms with Crippen LogP contribution in [-0.4, -0.2) is 28.9 Å². The first-order valence-corrected chi connectivity index (χ1v) is 6.10. The van der Waals surface area contributed by atoms with Gasteiger partial charge in [-0.2, -0.15) is 0 Å². The topological polar surface area (TPSA) is 46.6 Å². The Kier molecular flexibility index (Phi) is 2.98. The third kappa shape index (κ3) is 2.35. The van der Waals surface area contributed by atoms with Gasteiger partial charge < -0.3 is 9.53 Å². The molecule has 4 heteroatoms. The monoisotopic (exact) mass is 237 g/mol. The molecule has 0 spiro atoms. The lowest BCUT2D eigenvalue weighted by Gasteiger charge is -2.27. The Morgan fingerprint density at radius 3 is 2.82 bits per heavy atom. The minimum absolute atomic E-state index is 0.346. The smallest absolute Gasteiger partial charge is 0.415 e. The van der Waals surface area contributed by atoms with Crippen molar-refractivity contribution >= 4 is 12.4 Å². The van der Waals surface area contributed by atoms with Crippen molar-refractivity contribution in [3.05, 3.63) is 11.8 Å². The highest BCUT2D eigenvalue weighted by molar-refractivity contribution is 5.77. The Bertz CT molecular complexity index is 367. The van der Waals surface area contributed by atoms with Crippen molar-refractivity contribution in [2.75, 3.05) is 0 Å². The molecule has 2 rings (SSSR count). The molecule has 1 aliphatic heterocycles. The van der Waals surface area contributed by atoms with Gasteiger partial charge in [0.1, 0.15) is 11.9 Å². The normalized spacial score (nSPS) is 27.7. The minimum atomic E-state index is -0.526. The Morgan fingerprint density at radius 1 is 1.53 bits per heavy atom. The van der Waals surface area contributed by atoms with Crippen LogP contribution in [0.5, 0.6) is 0 Å². The highest BCUT2D eigenvalue weighted by Gasteiger charge is 2.42. The molecule has 1 heterocycles. The molecule has 0 aromatic rings. The van der Waals surface area contributed by atoms with E-state index in [0.29, 0.717) is 5.92 Å². The zero-order valence-corrected chi connectivity index (χ0v) is 10.6. The summed E-state index contributed by atoms with van der Waals surface area (Å²) in [5.41, 5.74) is 0.457. The standard InChI is InChI=1S/C13H19NO3/c1-13(2,3)17-12(16)14-10(8-15)7-9-5-4-6-11(9)14/h6,8-10H,4-5,7H2,1-3H3/t9?,10-/m0/s1. The quantitative estimate of drug-likeness (QED) is 0.658. The number of carbonyl (C=O) groups excluding carboxylic acids is 2. The van der Waals surface area contributed by atoms with Crippen LogP contribution in [0.1, 0.15) is 40.0 Å². The second-order valence-corrected chi connectivity index (χ2v) is 5.69. The fourth-order valence-corrected chi connectivity index (χ4v) is 2.54. The van der Waals surface area contributed by atoms with E-state index in [1.165, 1.54) is 4.90 Å². The molecule has 4 nitrogen and oxygen atoms in total. The first-order valence-electron chi connectivity index (χ1n) is 6.10. The number of likely N-dealkylation sites (tertiary alicyclic amines) is 1. The maximum Gasteiger partial charge on any atom is 0.415 e. The molecule has 2 atom stereocenters. The summed E-state index contributed by atoms with van der Waals surface area (Å²) < 4.78 is 5.35. The molecule has 0 aromatic carbocycles. The number of allylic oxidation sites excluding steroid dienone is 2. The summed E-state index contributed by atoms with van der Waals surface area (Å²) in [6, 6.07) is -0.346. The minimum Gasteiger partial charge on any atom is -0.443 e. The van der Waals surface area contributed by atoms with Crippen LogP contribution >= 0.6 is 0 Å². The Labute approximate surface area is 102 Å². The van der Waals surface area contributed by atoms with Gasteiger partial charge in [0.15, 0.2) is 0 Å². The van der Waals surface area contributed by atoms with E-state index in [-0.39, 0.29) is 6.04 Å². The number of fused-ring (bicyclic) bond motifs is 1. The number of hydrogen-bond donors (Lipinski definition) is 0. The molecule has 0 saturated carbocycles. The molecule has 1 amide bonds. The zero-order valence-electron chi connectivity index (χ0n) is 10.6. The van der Waals surface area contributed by atoms with Gasteiger partial charge in [-0.05, 0) is 40.0 Å². The van der Waals surface area contributed by atoms with E-state index in [9.17, 15) is 9.59 Å². The average Bonchev–Trinajstić information content (AvgIpc) is 2.71. The third-order valence-corrected chi connectivity index (χ3v) is 3.17. The fourth-order valence-electron chi connectivity index (χ4n) is 2.54. The molecular formula is C13H19NO3. The van der Waals surface area contributed by atoms with Gasteiger partial charge in [0.25, 0.3) is 0 Å². The number of aldehydes is 1. The summed E-state index contributed by atoms with van der Waals surface area (Å²) in [5, 5.41) is 0. The van der Waals surface area contributed by atoms with E-state index in [0.717, 1.165) is 31.2 Å².